The molecule has 89 heavy (non-hydrogen) atoms. The van der Waals surface area contributed by atoms with Crippen molar-refractivity contribution in [2.24, 2.45) is 23.7 Å². The van der Waals surface area contributed by atoms with Crippen LogP contribution in [0.25, 0.3) is 0 Å². The fourth-order valence-electron chi connectivity index (χ4n) is 10.8. The number of rotatable bonds is 20. The molecule has 4 fully saturated rings. The van der Waals surface area contributed by atoms with Gasteiger partial charge >= 0.3 is 60.1 Å². The number of carbonyl (C=O) groups excluding carboxylic acids is 6. The molecule has 0 aliphatic heterocycles. The first kappa shape index (κ1) is 88.2. The molecule has 9 rings (SSSR count). The van der Waals surface area contributed by atoms with Crippen LogP contribution in [0.4, 0.5) is 10.9 Å². The van der Waals surface area contributed by atoms with Gasteiger partial charge in [0.05, 0.1) is 39.1 Å². The Balaban J connectivity index is -0.00000119. The van der Waals surface area contributed by atoms with Crippen LogP contribution >= 0.6 is 0 Å². The van der Waals surface area contributed by atoms with Gasteiger partial charge in [0, 0.05) is 24.0 Å². The van der Waals surface area contributed by atoms with Crippen LogP contribution in [0.15, 0.2) is 143 Å². The van der Waals surface area contributed by atoms with Gasteiger partial charge in [-0.1, -0.05) is 225 Å². The first-order valence-electron chi connectivity index (χ1n) is 29.7. The minimum atomic E-state index is -2.50. The number of amides is 2. The molecule has 0 heterocycles. The smallest absolute Gasteiger partial charge is 0.781 e. The Kier molecular flexibility index (Phi) is 53.1. The van der Waals surface area contributed by atoms with Crippen molar-refractivity contribution in [3.63, 3.8) is 0 Å². The molecule has 4 saturated carbocycles. The third kappa shape index (κ3) is 37.8. The summed E-state index contributed by atoms with van der Waals surface area (Å²) in [5.74, 6) is -1.39. The molecule has 5 aromatic rings. The Bertz CT molecular complexity index is 2450. The van der Waals surface area contributed by atoms with Crippen LogP contribution in [0.2, 0.25) is 0 Å². The third-order valence-electron chi connectivity index (χ3n) is 15.3. The summed E-state index contributed by atoms with van der Waals surface area (Å²) in [6.45, 7) is -0.212. The Hall–Kier alpha value is -5.02. The number of hydrogen-bond donors (Lipinski definition) is 2. The van der Waals surface area contributed by atoms with Gasteiger partial charge in [0.25, 0.3) is 11.8 Å². The first-order chi connectivity index (χ1) is 40.3. The third-order valence-corrected chi connectivity index (χ3v) is 16.2. The Labute approximate surface area is 569 Å². The van der Waals surface area contributed by atoms with Crippen molar-refractivity contribution in [3.05, 3.63) is 197 Å². The van der Waals surface area contributed by atoms with E-state index >= 15 is 0 Å². The molecule has 488 valence electrons. The minimum absolute atomic E-state index is 0. The number of carbonyl (C=O) groups is 6. The predicted octanol–water partition coefficient (Wildman–Crippen LogP) is 16.5. The molecule has 4 aliphatic carbocycles. The number of halogens is 3. The molecule has 2 amide bonds. The Morgan fingerprint density at radius 1 is 0.449 bits per heavy atom. The van der Waals surface area contributed by atoms with Gasteiger partial charge in [-0.05, 0) is 84.0 Å². The van der Waals surface area contributed by atoms with Crippen LogP contribution < -0.4 is 10.6 Å². The van der Waals surface area contributed by atoms with Crippen molar-refractivity contribution in [2.75, 3.05) is 27.3 Å². The topological polar surface area (TPSA) is 145 Å². The van der Waals surface area contributed by atoms with E-state index in [1.54, 1.807) is 0 Å². The summed E-state index contributed by atoms with van der Waals surface area (Å²) in [7, 11) is 2.64. The average Bonchev–Trinajstić information content (AvgIpc) is 4.42. The van der Waals surface area contributed by atoms with Crippen LogP contribution in [-0.2, 0) is 122 Å². The van der Waals surface area contributed by atoms with Crippen molar-refractivity contribution in [2.45, 2.75) is 164 Å². The van der Waals surface area contributed by atoms with Crippen LogP contribution in [0.1, 0.15) is 171 Å². The molecule has 2 atom stereocenters. The normalized spacial score (nSPS) is 13.9. The van der Waals surface area contributed by atoms with Crippen molar-refractivity contribution >= 4 is 60.6 Å². The van der Waals surface area contributed by atoms with Crippen LogP contribution in [0.3, 0.4) is 0 Å². The second-order valence-electron chi connectivity index (χ2n) is 21.8. The maximum absolute atomic E-state index is 12.4. The summed E-state index contributed by atoms with van der Waals surface area (Å²) in [5, 5.41) is 5.35. The van der Waals surface area contributed by atoms with E-state index in [-0.39, 0.29) is 105 Å². The van der Waals surface area contributed by atoms with Gasteiger partial charge < -0.3 is 75.1 Å². The summed E-state index contributed by atoms with van der Waals surface area (Å²) in [4.78, 5) is 75.4. The predicted molar refractivity (Wildman–Crippen MR) is 354 cm³/mol. The largest absolute Gasteiger partial charge is 4.00 e. The van der Waals surface area contributed by atoms with Crippen molar-refractivity contribution < 1.29 is 91.1 Å². The van der Waals surface area contributed by atoms with Gasteiger partial charge in [-0.2, -0.15) is 9.79 Å². The van der Waals surface area contributed by atoms with Gasteiger partial charge in [-0.25, -0.2) is 0 Å². The van der Waals surface area contributed by atoms with Gasteiger partial charge in [-0.3, -0.25) is 33.5 Å². The van der Waals surface area contributed by atoms with Crippen LogP contribution in [-0.4, -0.2) is 62.6 Å². The molecule has 0 unspecified atom stereocenters. The molecule has 0 saturated heterocycles. The number of esters is 2. The van der Waals surface area contributed by atoms with Crippen molar-refractivity contribution in [1.29, 1.82) is 0 Å². The number of ether oxygens (including phenoxy) is 2. The molecule has 5 aromatic carbocycles. The van der Waals surface area contributed by atoms with Gasteiger partial charge in [0.15, 0.2) is 11.6 Å². The maximum atomic E-state index is 12.4. The first-order valence-corrected chi connectivity index (χ1v) is 31.7. The summed E-state index contributed by atoms with van der Waals surface area (Å²) in [5.41, 5.74) is 5.51. The zero-order chi connectivity index (χ0) is 59.9. The second-order valence-corrected chi connectivity index (χ2v) is 22.9. The number of hydrogen-bond acceptors (Lipinski definition) is 10. The van der Waals surface area contributed by atoms with E-state index in [0.29, 0.717) is 24.0 Å². The summed E-state index contributed by atoms with van der Waals surface area (Å²) in [6, 6.07) is 41.7. The van der Waals surface area contributed by atoms with Crippen molar-refractivity contribution in [1.82, 2.24) is 10.6 Å². The Morgan fingerprint density at radius 2 is 0.719 bits per heavy atom. The van der Waals surface area contributed by atoms with E-state index in [1.807, 2.05) is 133 Å². The Morgan fingerprint density at radius 3 is 0.978 bits per heavy atom. The van der Waals surface area contributed by atoms with Gasteiger partial charge in [0.1, 0.15) is 0 Å². The maximum Gasteiger partial charge on any atom is 4.00 e. The molecule has 10 nitrogen and oxygen atoms in total. The fourth-order valence-corrected chi connectivity index (χ4v) is 11.1. The van der Waals surface area contributed by atoms with E-state index in [2.05, 4.69) is 10.6 Å². The number of methoxy groups -OCH3 is 2. The monoisotopic (exact) mass is 1340 g/mol. The van der Waals surface area contributed by atoms with E-state index in [9.17, 15) is 35.0 Å². The molecule has 0 spiro atoms. The molecule has 0 radical (unpaired) electrons. The summed E-state index contributed by atoms with van der Waals surface area (Å²) >= 11 is 7.20. The number of Topliss-reactive ketones (excluding diaryl/α,β-unsaturated/α-hetero) is 2. The zero-order valence-electron chi connectivity index (χ0n) is 53.6. The quantitative estimate of drug-likeness (QED) is 0.0334. The molecule has 4 aliphatic rings. The second kappa shape index (κ2) is 53.6. The summed E-state index contributed by atoms with van der Waals surface area (Å²) in [6.07, 6.45) is 28.5. The van der Waals surface area contributed by atoms with Crippen LogP contribution in [0, 0.1) is 53.4 Å². The standard InChI is InChI=1S/2C26H31NO4.C6H6S2.2C5H10.4CH3.3FH.2Ti/c2*1-31-26(30)23(16-20-7-3-2-4-8-20)17-24(28)18-27-25(29)22-13-11-21(12-14-22)15-19-9-5-6-10-19;7-5-3-1-2-4-6(5)8;2*1-2-4-5-3-1;;;;;;;;;/h2*2-4,7-8,11-14,19,23H,5-6,9-10,15-18H2,1H3,(H,27,29);1-4,7-8H;2*1-5H2;4*1H3;3*1H;;/q;;;;;4*-1;;;;+2;+4/p-4/t2*23-;;;;;;;;;;;;/m11............/s1. The molecule has 0 bridgehead atoms. The van der Waals surface area contributed by atoms with Crippen molar-refractivity contribution in [3.8, 4) is 0 Å². The van der Waals surface area contributed by atoms with E-state index in [4.69, 9.17) is 34.7 Å². The fraction of sp³-hybridized carbons (Fsp3) is 0.444. The van der Waals surface area contributed by atoms with Gasteiger partial charge in [0.2, 0.25) is 0 Å². The zero-order valence-corrected chi connectivity index (χ0v) is 58.4. The number of ketones is 2. The number of nitrogens with one attached hydrogen (secondary N) is 2. The molecular formula is C72H99F3N2O8S2Ti2-2. The molecular weight excluding hydrogens is 1240 g/mol. The van der Waals surface area contributed by atoms with E-state index in [0.717, 1.165) is 45.6 Å². The molecule has 0 aromatic heterocycles. The number of benzene rings is 5. The van der Waals surface area contributed by atoms with E-state index < -0.39 is 44.0 Å². The average molecular weight is 1340 g/mol. The van der Waals surface area contributed by atoms with Gasteiger partial charge in [-0.15, -0.1) is 0 Å². The van der Waals surface area contributed by atoms with Crippen LogP contribution in [0.5, 0.6) is 0 Å². The molecule has 17 heteroatoms. The van der Waals surface area contributed by atoms with E-state index in [1.165, 1.54) is 141 Å². The minimum Gasteiger partial charge on any atom is -0.781 e. The SMILES string of the molecule is C1CCCC1.C1CCCC1.COC(=O)[C@@H](CC(=O)CNC(=O)c1ccc(CC2CCCC2)cc1)Cc1ccccc1.COC(=O)[C@@H](CC(=O)CNC(=O)c1ccc(CC2CCCC2)cc1)Cc1ccccc1.F.[CH3-].[CH3-].[CH3-].[CH3-].[F][Ti][F].[S-]c1ccccc1[S-].[Ti+4]. The molecule has 2 N–H and O–H groups in total. The summed E-state index contributed by atoms with van der Waals surface area (Å²) < 4.78 is 29.2.